The zero-order chi connectivity index (χ0) is 15.9. The molecule has 1 amide bonds. The Morgan fingerprint density at radius 3 is 2.29 bits per heavy atom. The summed E-state index contributed by atoms with van der Waals surface area (Å²) < 4.78 is 11.2. The Morgan fingerprint density at radius 2 is 1.81 bits per heavy atom. The minimum atomic E-state index is -0.895. The molecule has 0 aromatic carbocycles. The molecule has 2 atom stereocenters. The van der Waals surface area contributed by atoms with Crippen LogP contribution < -0.4 is 5.32 Å². The molecule has 0 saturated heterocycles. The highest BCUT2D eigenvalue weighted by atomic mass is 32.2. The largest absolute Gasteiger partial charge is 0.481 e. The van der Waals surface area contributed by atoms with Gasteiger partial charge in [0.05, 0.1) is 5.41 Å². The summed E-state index contributed by atoms with van der Waals surface area (Å²) in [5, 5.41) is 12.3. The summed E-state index contributed by atoms with van der Waals surface area (Å²) in [7, 11) is -0.895. The van der Waals surface area contributed by atoms with Gasteiger partial charge in [-0.15, -0.1) is 0 Å². The Balaban J connectivity index is 2.49. The summed E-state index contributed by atoms with van der Waals surface area (Å²) in [6, 6.07) is 0. The molecule has 1 saturated carbocycles. The summed E-state index contributed by atoms with van der Waals surface area (Å²) in [5.74, 6) is -1.05. The molecule has 2 N–H and O–H groups in total. The van der Waals surface area contributed by atoms with E-state index < -0.39 is 22.2 Å². The monoisotopic (exact) mass is 317 g/mol. The maximum Gasteiger partial charge on any atom is 0.310 e. The fourth-order valence-electron chi connectivity index (χ4n) is 2.82. The summed E-state index contributed by atoms with van der Waals surface area (Å²) in [4.78, 5) is 23.6. The second-order valence-electron chi connectivity index (χ2n) is 6.12. The van der Waals surface area contributed by atoms with Gasteiger partial charge in [0.15, 0.2) is 0 Å². The smallest absolute Gasteiger partial charge is 0.310 e. The Morgan fingerprint density at radius 1 is 1.24 bits per heavy atom. The van der Waals surface area contributed by atoms with Gasteiger partial charge in [-0.05, 0) is 19.3 Å². The van der Waals surface area contributed by atoms with Crippen LogP contribution in [-0.4, -0.2) is 39.2 Å². The first-order valence-corrected chi connectivity index (χ1v) is 9.32. The molecule has 0 heterocycles. The van der Waals surface area contributed by atoms with Crippen LogP contribution in [-0.2, 0) is 20.4 Å². The van der Waals surface area contributed by atoms with Crippen molar-refractivity contribution in [3.8, 4) is 0 Å². The van der Waals surface area contributed by atoms with Gasteiger partial charge in [0.1, 0.15) is 0 Å². The number of carbonyl (C=O) groups is 2. The number of rotatable bonds is 7. The first-order valence-electron chi connectivity index (χ1n) is 7.70. The van der Waals surface area contributed by atoms with E-state index >= 15 is 0 Å². The average molecular weight is 317 g/mol. The molecular formula is C15H27NO4S. The van der Waals surface area contributed by atoms with Gasteiger partial charge in [-0.1, -0.05) is 32.6 Å². The molecule has 1 fully saturated rings. The van der Waals surface area contributed by atoms with Crippen LogP contribution in [0.3, 0.4) is 0 Å². The molecule has 1 rings (SSSR count). The molecule has 0 spiro atoms. The number of hydrogen-bond donors (Lipinski definition) is 2. The Bertz CT molecular complexity index is 389. The van der Waals surface area contributed by atoms with Crippen LogP contribution in [0.4, 0.5) is 0 Å². The average Bonchev–Trinajstić information content (AvgIpc) is 2.65. The molecule has 1 aliphatic rings. The van der Waals surface area contributed by atoms with Gasteiger partial charge in [0.25, 0.3) is 0 Å². The quantitative estimate of drug-likeness (QED) is 0.704. The number of nitrogens with one attached hydrogen (secondary N) is 1. The van der Waals surface area contributed by atoms with Crippen LogP contribution in [0, 0.1) is 5.41 Å². The number of carbonyl (C=O) groups excluding carboxylic acids is 1. The van der Waals surface area contributed by atoms with Crippen LogP contribution >= 0.6 is 0 Å². The molecular weight excluding hydrogens is 290 g/mol. The Labute approximate surface area is 129 Å². The lowest BCUT2D eigenvalue weighted by Gasteiger charge is -2.27. The van der Waals surface area contributed by atoms with Crippen LogP contribution in [0.5, 0.6) is 0 Å². The highest BCUT2D eigenvalue weighted by Gasteiger charge is 2.40. The third-order valence-electron chi connectivity index (χ3n) is 4.45. The lowest BCUT2D eigenvalue weighted by Crippen LogP contribution is -2.38. The maximum absolute atomic E-state index is 12.0. The lowest BCUT2D eigenvalue weighted by atomic mass is 9.77. The fraction of sp³-hybridized carbons (Fsp3) is 0.867. The van der Waals surface area contributed by atoms with Gasteiger partial charge in [-0.25, -0.2) is 0 Å². The van der Waals surface area contributed by atoms with Crippen molar-refractivity contribution in [2.75, 3.05) is 12.8 Å². The lowest BCUT2D eigenvalue weighted by molar-refractivity contribution is -0.152. The van der Waals surface area contributed by atoms with Crippen molar-refractivity contribution in [1.29, 1.82) is 0 Å². The molecule has 0 aromatic rings. The number of carboxylic acids is 1. The summed E-state index contributed by atoms with van der Waals surface area (Å²) in [6.45, 7) is 2.33. The fourth-order valence-corrected chi connectivity index (χ4v) is 3.27. The standard InChI is InChI=1S/C15H27NO4S/c1-12(21(2)20)7-10-16-13(17)11-15(14(18)19)8-5-3-4-6-9-15/h12H,3-11H2,1-2H3,(H,16,17)(H,18,19). The molecule has 6 heteroatoms. The predicted molar refractivity (Wildman–Crippen MR) is 83.5 cm³/mol. The Kier molecular flexibility index (Phi) is 7.35. The zero-order valence-electron chi connectivity index (χ0n) is 13.0. The minimum Gasteiger partial charge on any atom is -0.481 e. The highest BCUT2D eigenvalue weighted by molar-refractivity contribution is 7.84. The second-order valence-corrected chi connectivity index (χ2v) is 7.93. The van der Waals surface area contributed by atoms with E-state index in [0.29, 0.717) is 25.8 Å². The minimum absolute atomic E-state index is 0.0385. The number of aliphatic carboxylic acids is 1. The van der Waals surface area contributed by atoms with E-state index in [-0.39, 0.29) is 17.6 Å². The normalized spacial score (nSPS) is 21.0. The number of hydrogen-bond acceptors (Lipinski definition) is 3. The highest BCUT2D eigenvalue weighted by Crippen LogP contribution is 2.38. The number of carboxylic acid groups (broad SMARTS) is 1. The molecule has 122 valence electrons. The SMILES string of the molecule is CC(CCNC(=O)CC1(C(=O)O)CCCCCC1)S(C)=O. The zero-order valence-corrected chi connectivity index (χ0v) is 13.8. The van der Waals surface area contributed by atoms with E-state index in [2.05, 4.69) is 5.32 Å². The van der Waals surface area contributed by atoms with Crippen molar-refractivity contribution in [1.82, 2.24) is 5.32 Å². The first kappa shape index (κ1) is 18.1. The second kappa shape index (κ2) is 8.51. The van der Waals surface area contributed by atoms with E-state index in [0.717, 1.165) is 25.7 Å². The molecule has 2 unspecified atom stereocenters. The van der Waals surface area contributed by atoms with Crippen molar-refractivity contribution in [2.45, 2.75) is 63.5 Å². The van der Waals surface area contributed by atoms with E-state index in [1.807, 2.05) is 6.92 Å². The van der Waals surface area contributed by atoms with Crippen LogP contribution in [0.1, 0.15) is 58.3 Å². The van der Waals surface area contributed by atoms with Crippen molar-refractivity contribution in [3.05, 3.63) is 0 Å². The molecule has 0 aliphatic heterocycles. The van der Waals surface area contributed by atoms with E-state index in [1.165, 1.54) is 0 Å². The summed E-state index contributed by atoms with van der Waals surface area (Å²) in [5.41, 5.74) is -0.889. The molecule has 1 aliphatic carbocycles. The third-order valence-corrected chi connectivity index (χ3v) is 5.82. The van der Waals surface area contributed by atoms with Gasteiger partial charge in [-0.2, -0.15) is 0 Å². The Hall–Kier alpha value is -0.910. The van der Waals surface area contributed by atoms with Crippen molar-refractivity contribution < 1.29 is 18.9 Å². The van der Waals surface area contributed by atoms with E-state index in [1.54, 1.807) is 6.26 Å². The van der Waals surface area contributed by atoms with E-state index in [9.17, 15) is 18.9 Å². The van der Waals surface area contributed by atoms with E-state index in [4.69, 9.17) is 0 Å². The van der Waals surface area contributed by atoms with Gasteiger partial charge < -0.3 is 10.4 Å². The van der Waals surface area contributed by atoms with Crippen molar-refractivity contribution in [2.24, 2.45) is 5.41 Å². The predicted octanol–water partition coefficient (Wildman–Crippen LogP) is 2.07. The molecule has 0 aromatic heterocycles. The van der Waals surface area contributed by atoms with Crippen molar-refractivity contribution in [3.63, 3.8) is 0 Å². The maximum atomic E-state index is 12.0. The molecule has 21 heavy (non-hydrogen) atoms. The topological polar surface area (TPSA) is 83.5 Å². The first-order chi connectivity index (χ1) is 9.87. The van der Waals surface area contributed by atoms with Gasteiger partial charge in [-0.3, -0.25) is 13.8 Å². The van der Waals surface area contributed by atoms with Gasteiger partial charge in [0.2, 0.25) is 5.91 Å². The summed E-state index contributed by atoms with van der Waals surface area (Å²) in [6.07, 6.45) is 7.40. The van der Waals surface area contributed by atoms with Crippen LogP contribution in [0.25, 0.3) is 0 Å². The molecule has 0 radical (unpaired) electrons. The van der Waals surface area contributed by atoms with Crippen LogP contribution in [0.2, 0.25) is 0 Å². The third kappa shape index (κ3) is 5.77. The van der Waals surface area contributed by atoms with Gasteiger partial charge in [0, 0.05) is 35.3 Å². The molecule has 5 nitrogen and oxygen atoms in total. The van der Waals surface area contributed by atoms with Crippen LogP contribution in [0.15, 0.2) is 0 Å². The molecule has 0 bridgehead atoms. The summed E-state index contributed by atoms with van der Waals surface area (Å²) >= 11 is 0. The number of amides is 1. The van der Waals surface area contributed by atoms with Gasteiger partial charge >= 0.3 is 5.97 Å². The van der Waals surface area contributed by atoms with Crippen molar-refractivity contribution >= 4 is 22.7 Å².